The number of hydrogen-bond donors (Lipinski definition) is 2. The van der Waals surface area contributed by atoms with E-state index in [1.165, 1.54) is 37.6 Å². The normalized spacial score (nSPS) is 11.1. The molecule has 0 amide bonds. The Morgan fingerprint density at radius 2 is 2.10 bits per heavy atom. The van der Waals surface area contributed by atoms with Gasteiger partial charge in [-0.25, -0.2) is 13.4 Å². The molecule has 0 atom stereocenters. The summed E-state index contributed by atoms with van der Waals surface area (Å²) in [4.78, 5) is 3.80. The van der Waals surface area contributed by atoms with E-state index in [0.717, 1.165) is 0 Å². The van der Waals surface area contributed by atoms with Gasteiger partial charge in [0.25, 0.3) is 10.0 Å². The quantitative estimate of drug-likeness (QED) is 0.843. The Labute approximate surface area is 121 Å². The monoisotopic (exact) mass is 313 g/mol. The average Bonchev–Trinajstić information content (AvgIpc) is 2.40. The third-order valence-electron chi connectivity index (χ3n) is 2.50. The molecule has 8 heteroatoms. The minimum Gasteiger partial charge on any atom is -0.497 e. The molecule has 6 nitrogen and oxygen atoms in total. The van der Waals surface area contributed by atoms with Crippen LogP contribution in [0.15, 0.2) is 41.4 Å². The highest BCUT2D eigenvalue weighted by Gasteiger charge is 2.19. The molecule has 1 aromatic carbocycles. The van der Waals surface area contributed by atoms with Crippen LogP contribution in [0.2, 0.25) is 5.02 Å². The molecule has 0 saturated carbocycles. The molecule has 0 aliphatic rings. The zero-order chi connectivity index (χ0) is 14.8. The number of nitrogens with one attached hydrogen (secondary N) is 1. The molecule has 3 N–H and O–H groups in total. The van der Waals surface area contributed by atoms with Gasteiger partial charge in [-0.2, -0.15) is 0 Å². The van der Waals surface area contributed by atoms with Crippen molar-refractivity contribution >= 4 is 33.1 Å². The predicted octanol–water partition coefficient (Wildman–Crippen LogP) is 2.13. The van der Waals surface area contributed by atoms with Crippen LogP contribution in [-0.4, -0.2) is 20.5 Å². The van der Waals surface area contributed by atoms with E-state index in [9.17, 15) is 8.42 Å². The molecule has 0 spiro atoms. The molecule has 0 bridgehead atoms. The van der Waals surface area contributed by atoms with Crippen molar-refractivity contribution in [2.24, 2.45) is 0 Å². The van der Waals surface area contributed by atoms with Crippen LogP contribution in [0.25, 0.3) is 0 Å². The molecular formula is C12H12ClN3O3S. The molecule has 0 aliphatic heterocycles. The van der Waals surface area contributed by atoms with Crippen molar-refractivity contribution in [3.05, 3.63) is 41.6 Å². The van der Waals surface area contributed by atoms with Crippen LogP contribution in [0.1, 0.15) is 0 Å². The van der Waals surface area contributed by atoms with Crippen LogP contribution < -0.4 is 15.2 Å². The van der Waals surface area contributed by atoms with Crippen LogP contribution in [0.3, 0.4) is 0 Å². The Hall–Kier alpha value is -1.99. The maximum absolute atomic E-state index is 12.2. The molecule has 0 radical (unpaired) electrons. The molecule has 0 fully saturated rings. The van der Waals surface area contributed by atoms with E-state index in [2.05, 4.69) is 9.71 Å². The molecule has 0 saturated heterocycles. The Morgan fingerprint density at radius 3 is 2.70 bits per heavy atom. The molecule has 2 aromatic rings. The van der Waals surface area contributed by atoms with E-state index in [1.54, 1.807) is 6.07 Å². The van der Waals surface area contributed by atoms with Crippen LogP contribution >= 0.6 is 11.6 Å². The lowest BCUT2D eigenvalue weighted by Gasteiger charge is -2.11. The van der Waals surface area contributed by atoms with Crippen molar-refractivity contribution < 1.29 is 13.2 Å². The molecule has 1 aromatic heterocycles. The highest BCUT2D eigenvalue weighted by molar-refractivity contribution is 7.92. The summed E-state index contributed by atoms with van der Waals surface area (Å²) >= 11 is 5.86. The van der Waals surface area contributed by atoms with Crippen molar-refractivity contribution in [3.63, 3.8) is 0 Å². The summed E-state index contributed by atoms with van der Waals surface area (Å²) in [6.07, 6.45) is 1.43. The van der Waals surface area contributed by atoms with Gasteiger partial charge >= 0.3 is 0 Å². The van der Waals surface area contributed by atoms with E-state index in [-0.39, 0.29) is 21.4 Å². The second-order valence-electron chi connectivity index (χ2n) is 3.84. The summed E-state index contributed by atoms with van der Waals surface area (Å²) in [5, 5.41) is 0.197. The molecule has 20 heavy (non-hydrogen) atoms. The lowest BCUT2D eigenvalue weighted by Crippen LogP contribution is -2.16. The van der Waals surface area contributed by atoms with E-state index in [1.807, 2.05) is 0 Å². The summed E-state index contributed by atoms with van der Waals surface area (Å²) in [5.74, 6) is 0.515. The highest BCUT2D eigenvalue weighted by atomic mass is 35.5. The zero-order valence-electron chi connectivity index (χ0n) is 10.5. The first-order chi connectivity index (χ1) is 9.44. The number of halogens is 1. The van der Waals surface area contributed by atoms with Crippen molar-refractivity contribution in [2.45, 2.75) is 4.90 Å². The first-order valence-electron chi connectivity index (χ1n) is 5.51. The number of rotatable bonds is 4. The average molecular weight is 314 g/mol. The minimum absolute atomic E-state index is 0.0457. The SMILES string of the molecule is COc1ccc(S(=O)(=O)Nc2ncccc2Cl)c(N)c1. The Morgan fingerprint density at radius 1 is 1.35 bits per heavy atom. The van der Waals surface area contributed by atoms with Crippen LogP contribution in [-0.2, 0) is 10.0 Å². The molecular weight excluding hydrogens is 302 g/mol. The number of nitrogens with two attached hydrogens (primary N) is 1. The number of pyridine rings is 1. The van der Waals surface area contributed by atoms with Crippen LogP contribution in [0.4, 0.5) is 11.5 Å². The van der Waals surface area contributed by atoms with Crippen LogP contribution in [0.5, 0.6) is 5.75 Å². The number of aromatic nitrogens is 1. The van der Waals surface area contributed by atoms with Gasteiger partial charge in [-0.1, -0.05) is 11.6 Å². The van der Waals surface area contributed by atoms with E-state index >= 15 is 0 Å². The number of anilines is 2. The summed E-state index contributed by atoms with van der Waals surface area (Å²) < 4.78 is 31.7. The number of methoxy groups -OCH3 is 1. The maximum Gasteiger partial charge on any atom is 0.265 e. The largest absolute Gasteiger partial charge is 0.497 e. The van der Waals surface area contributed by atoms with Gasteiger partial charge in [0, 0.05) is 12.3 Å². The Balaban J connectivity index is 2.39. The number of ether oxygens (including phenoxy) is 1. The van der Waals surface area contributed by atoms with E-state index in [4.69, 9.17) is 22.1 Å². The second-order valence-corrected chi connectivity index (χ2v) is 5.90. The third-order valence-corrected chi connectivity index (χ3v) is 4.21. The molecule has 0 unspecified atom stereocenters. The third kappa shape index (κ3) is 2.94. The fourth-order valence-electron chi connectivity index (χ4n) is 1.54. The smallest absolute Gasteiger partial charge is 0.265 e. The Kier molecular flexibility index (Phi) is 4.01. The van der Waals surface area contributed by atoms with Crippen LogP contribution in [0, 0.1) is 0 Å². The van der Waals surface area contributed by atoms with E-state index < -0.39 is 10.0 Å². The zero-order valence-corrected chi connectivity index (χ0v) is 12.1. The lowest BCUT2D eigenvalue weighted by molar-refractivity contribution is 0.414. The summed E-state index contributed by atoms with van der Waals surface area (Å²) in [5.41, 5.74) is 5.80. The summed E-state index contributed by atoms with van der Waals surface area (Å²) in [6, 6.07) is 7.42. The number of nitrogen functional groups attached to an aromatic ring is 1. The summed E-state index contributed by atoms with van der Waals surface area (Å²) in [6.45, 7) is 0. The number of sulfonamides is 1. The number of hydrogen-bond acceptors (Lipinski definition) is 5. The molecule has 2 rings (SSSR count). The van der Waals surface area contributed by atoms with Crippen molar-refractivity contribution in [1.29, 1.82) is 0 Å². The topological polar surface area (TPSA) is 94.3 Å². The predicted molar refractivity (Wildman–Crippen MR) is 77.5 cm³/mol. The minimum atomic E-state index is -3.87. The van der Waals surface area contributed by atoms with E-state index in [0.29, 0.717) is 5.75 Å². The van der Waals surface area contributed by atoms with Gasteiger partial charge in [0.2, 0.25) is 0 Å². The molecule has 1 heterocycles. The van der Waals surface area contributed by atoms with Gasteiger partial charge in [0.05, 0.1) is 17.8 Å². The number of benzene rings is 1. The van der Waals surface area contributed by atoms with Gasteiger partial charge < -0.3 is 10.5 Å². The first kappa shape index (κ1) is 14.4. The number of nitrogens with zero attached hydrogens (tertiary/aromatic N) is 1. The van der Waals surface area contributed by atoms with Gasteiger partial charge in [0.15, 0.2) is 5.82 Å². The van der Waals surface area contributed by atoms with Gasteiger partial charge in [0.1, 0.15) is 10.6 Å². The Bertz CT molecular complexity index is 734. The molecule has 0 aliphatic carbocycles. The second kappa shape index (κ2) is 5.56. The standard InChI is InChI=1S/C12H12ClN3O3S/c1-19-8-4-5-11(10(14)7-8)20(17,18)16-12-9(13)3-2-6-15-12/h2-7H,14H2,1H3,(H,15,16). The van der Waals surface area contributed by atoms with Crippen molar-refractivity contribution in [1.82, 2.24) is 4.98 Å². The van der Waals surface area contributed by atoms with Gasteiger partial charge in [-0.3, -0.25) is 4.72 Å². The molecule has 106 valence electrons. The van der Waals surface area contributed by atoms with Gasteiger partial charge in [-0.05, 0) is 24.3 Å². The van der Waals surface area contributed by atoms with Crippen molar-refractivity contribution in [3.8, 4) is 5.75 Å². The first-order valence-corrected chi connectivity index (χ1v) is 7.37. The lowest BCUT2D eigenvalue weighted by atomic mass is 10.3. The van der Waals surface area contributed by atoms with Crippen molar-refractivity contribution in [2.75, 3.05) is 17.6 Å². The fraction of sp³-hybridized carbons (Fsp3) is 0.0833. The maximum atomic E-state index is 12.2. The summed E-state index contributed by atoms with van der Waals surface area (Å²) in [7, 11) is -2.40. The highest BCUT2D eigenvalue weighted by Crippen LogP contribution is 2.27. The fourth-order valence-corrected chi connectivity index (χ4v) is 2.91. The van der Waals surface area contributed by atoms with Gasteiger partial charge in [-0.15, -0.1) is 0 Å².